The highest BCUT2D eigenvalue weighted by atomic mass is 16.5. The second-order valence-electron chi connectivity index (χ2n) is 3.36. The van der Waals surface area contributed by atoms with Gasteiger partial charge in [-0.1, -0.05) is 0 Å². The molecular formula is C9H16N2O6. The van der Waals surface area contributed by atoms with Crippen LogP contribution in [-0.2, 0) is 19.1 Å². The summed E-state index contributed by atoms with van der Waals surface area (Å²) >= 11 is 0. The monoisotopic (exact) mass is 248 g/mol. The molecule has 98 valence electrons. The van der Waals surface area contributed by atoms with Crippen molar-refractivity contribution in [3.63, 3.8) is 0 Å². The highest BCUT2D eigenvalue weighted by molar-refractivity contribution is 5.77. The van der Waals surface area contributed by atoms with E-state index in [9.17, 15) is 14.4 Å². The van der Waals surface area contributed by atoms with E-state index in [0.717, 1.165) is 0 Å². The van der Waals surface area contributed by atoms with Gasteiger partial charge >= 0.3 is 17.9 Å². The smallest absolute Gasteiger partial charge is 0.323 e. The fraction of sp³-hybridized carbons (Fsp3) is 0.667. The molecule has 0 bridgehead atoms. The van der Waals surface area contributed by atoms with Crippen LogP contribution in [0.4, 0.5) is 0 Å². The summed E-state index contributed by atoms with van der Waals surface area (Å²) in [6, 6.07) is -2.03. The number of nitrogens with one attached hydrogen (secondary N) is 1. The minimum Gasteiger partial charge on any atom is -0.481 e. The summed E-state index contributed by atoms with van der Waals surface area (Å²) in [5, 5.41) is 19.7. The average molecular weight is 248 g/mol. The number of hydrogen-bond donors (Lipinski definition) is 4. The van der Waals surface area contributed by atoms with E-state index in [1.54, 1.807) is 0 Å². The zero-order valence-electron chi connectivity index (χ0n) is 9.38. The van der Waals surface area contributed by atoms with Gasteiger partial charge in [-0.2, -0.15) is 0 Å². The number of carboxylic acid groups (broad SMARTS) is 2. The number of carbonyl (C=O) groups excluding carboxylic acids is 1. The van der Waals surface area contributed by atoms with Crippen LogP contribution < -0.4 is 11.1 Å². The van der Waals surface area contributed by atoms with Crippen molar-refractivity contribution in [2.45, 2.75) is 24.9 Å². The molecule has 0 saturated heterocycles. The highest BCUT2D eigenvalue weighted by Gasteiger charge is 2.21. The molecule has 17 heavy (non-hydrogen) atoms. The minimum atomic E-state index is -1.19. The third-order valence-electron chi connectivity index (χ3n) is 2.03. The van der Waals surface area contributed by atoms with Gasteiger partial charge in [-0.05, 0) is 6.42 Å². The van der Waals surface area contributed by atoms with Crippen molar-refractivity contribution >= 4 is 17.9 Å². The first kappa shape index (κ1) is 15.3. The second kappa shape index (κ2) is 7.58. The number of carboxylic acids is 2. The molecular weight excluding hydrogens is 232 g/mol. The second-order valence-corrected chi connectivity index (χ2v) is 3.36. The van der Waals surface area contributed by atoms with E-state index in [1.807, 2.05) is 0 Å². The number of hydrogen-bond acceptors (Lipinski definition) is 6. The van der Waals surface area contributed by atoms with Gasteiger partial charge in [0, 0.05) is 13.0 Å². The number of ether oxygens (including phenoxy) is 1. The van der Waals surface area contributed by atoms with Crippen molar-refractivity contribution in [2.75, 3.05) is 13.7 Å². The molecule has 0 aliphatic carbocycles. The molecule has 0 aliphatic heterocycles. The van der Waals surface area contributed by atoms with Crippen LogP contribution in [0.3, 0.4) is 0 Å². The Hall–Kier alpha value is -1.67. The zero-order chi connectivity index (χ0) is 13.4. The Morgan fingerprint density at radius 2 is 1.94 bits per heavy atom. The van der Waals surface area contributed by atoms with Crippen LogP contribution in [0.5, 0.6) is 0 Å². The van der Waals surface area contributed by atoms with Crippen molar-refractivity contribution in [3.05, 3.63) is 0 Å². The molecule has 0 spiro atoms. The first-order valence-corrected chi connectivity index (χ1v) is 4.89. The molecule has 0 fully saturated rings. The number of esters is 1. The van der Waals surface area contributed by atoms with Crippen LogP contribution in [0.15, 0.2) is 0 Å². The molecule has 0 aromatic rings. The van der Waals surface area contributed by atoms with Gasteiger partial charge in [0.25, 0.3) is 0 Å². The van der Waals surface area contributed by atoms with Gasteiger partial charge in [-0.15, -0.1) is 0 Å². The lowest BCUT2D eigenvalue weighted by molar-refractivity contribution is -0.144. The van der Waals surface area contributed by atoms with Crippen molar-refractivity contribution in [1.82, 2.24) is 5.32 Å². The Labute approximate surface area is 97.7 Å². The summed E-state index contributed by atoms with van der Waals surface area (Å²) in [6.07, 6.45) is -0.365. The van der Waals surface area contributed by atoms with Crippen LogP contribution in [0.25, 0.3) is 0 Å². The first-order valence-electron chi connectivity index (χ1n) is 4.89. The van der Waals surface area contributed by atoms with Crippen LogP contribution in [-0.4, -0.2) is 53.9 Å². The van der Waals surface area contributed by atoms with E-state index < -0.39 is 30.0 Å². The third-order valence-corrected chi connectivity index (χ3v) is 2.03. The Kier molecular flexibility index (Phi) is 6.83. The van der Waals surface area contributed by atoms with E-state index in [1.165, 1.54) is 7.11 Å². The van der Waals surface area contributed by atoms with Crippen molar-refractivity contribution < 1.29 is 29.3 Å². The Balaban J connectivity index is 4.13. The third kappa shape index (κ3) is 6.48. The number of aliphatic carboxylic acids is 2. The lowest BCUT2D eigenvalue weighted by Crippen LogP contribution is -2.47. The molecule has 0 amide bonds. The Bertz CT molecular complexity index is 293. The number of carbonyl (C=O) groups is 3. The number of methoxy groups -OCH3 is 1. The standard InChI is InChI=1S/C9H16N2O6/c1-17-9(16)5(10)4-11-6(8(14)15)2-3-7(12)13/h5-6,11H,2-4,10H2,1H3,(H,12,13)(H,14,15). The molecule has 0 saturated carbocycles. The molecule has 0 radical (unpaired) electrons. The van der Waals surface area contributed by atoms with Crippen LogP contribution in [0, 0.1) is 0 Å². The molecule has 0 heterocycles. The summed E-state index contributed by atoms with van der Waals surface area (Å²) in [5.74, 6) is -2.95. The lowest BCUT2D eigenvalue weighted by Gasteiger charge is -2.16. The summed E-state index contributed by atoms with van der Waals surface area (Å²) in [4.78, 5) is 32.0. The maximum Gasteiger partial charge on any atom is 0.323 e. The van der Waals surface area contributed by atoms with Gasteiger partial charge in [0.15, 0.2) is 0 Å². The molecule has 8 heteroatoms. The van der Waals surface area contributed by atoms with Gasteiger partial charge in [-0.3, -0.25) is 14.4 Å². The van der Waals surface area contributed by atoms with Crippen LogP contribution >= 0.6 is 0 Å². The van der Waals surface area contributed by atoms with E-state index in [-0.39, 0.29) is 19.4 Å². The normalized spacial score (nSPS) is 13.8. The van der Waals surface area contributed by atoms with Gasteiger partial charge in [0.2, 0.25) is 0 Å². The van der Waals surface area contributed by atoms with Crippen molar-refractivity contribution in [1.29, 1.82) is 0 Å². The lowest BCUT2D eigenvalue weighted by atomic mass is 10.1. The maximum absolute atomic E-state index is 10.9. The van der Waals surface area contributed by atoms with Gasteiger partial charge < -0.3 is 26.0 Å². The summed E-state index contributed by atoms with van der Waals surface area (Å²) in [5.41, 5.74) is 5.39. The topological polar surface area (TPSA) is 139 Å². The fourth-order valence-corrected chi connectivity index (χ4v) is 1.08. The van der Waals surface area contributed by atoms with E-state index >= 15 is 0 Å². The van der Waals surface area contributed by atoms with Crippen LogP contribution in [0.2, 0.25) is 0 Å². The summed E-state index contributed by atoms with van der Waals surface area (Å²) in [6.45, 7) is -0.0940. The molecule has 0 aromatic carbocycles. The molecule has 8 nitrogen and oxygen atoms in total. The van der Waals surface area contributed by atoms with E-state index in [0.29, 0.717) is 0 Å². The Morgan fingerprint density at radius 1 is 1.35 bits per heavy atom. The summed E-state index contributed by atoms with van der Waals surface area (Å²) in [7, 11) is 1.17. The fourth-order valence-electron chi connectivity index (χ4n) is 1.08. The quantitative estimate of drug-likeness (QED) is 0.376. The molecule has 0 aliphatic rings. The molecule has 2 unspecified atom stereocenters. The van der Waals surface area contributed by atoms with E-state index in [4.69, 9.17) is 15.9 Å². The minimum absolute atomic E-state index is 0.0848. The zero-order valence-corrected chi connectivity index (χ0v) is 9.38. The van der Waals surface area contributed by atoms with Crippen molar-refractivity contribution in [3.8, 4) is 0 Å². The maximum atomic E-state index is 10.9. The van der Waals surface area contributed by atoms with Gasteiger partial charge in [-0.25, -0.2) is 0 Å². The van der Waals surface area contributed by atoms with E-state index in [2.05, 4.69) is 10.1 Å². The summed E-state index contributed by atoms with van der Waals surface area (Å²) < 4.78 is 4.36. The number of rotatable bonds is 8. The largest absolute Gasteiger partial charge is 0.481 e. The molecule has 0 aromatic heterocycles. The van der Waals surface area contributed by atoms with Gasteiger partial charge in [0.05, 0.1) is 7.11 Å². The molecule has 0 rings (SSSR count). The highest BCUT2D eigenvalue weighted by Crippen LogP contribution is 1.98. The predicted molar refractivity (Wildman–Crippen MR) is 56.3 cm³/mol. The Morgan fingerprint density at radius 3 is 2.35 bits per heavy atom. The molecule has 5 N–H and O–H groups in total. The molecule has 2 atom stereocenters. The number of nitrogens with two attached hydrogens (primary N) is 1. The SMILES string of the molecule is COC(=O)C(N)CNC(CCC(=O)O)C(=O)O. The predicted octanol–water partition coefficient (Wildman–Crippen LogP) is -1.61. The first-order chi connectivity index (χ1) is 7.88. The van der Waals surface area contributed by atoms with Gasteiger partial charge in [0.1, 0.15) is 12.1 Å². The van der Waals surface area contributed by atoms with Crippen molar-refractivity contribution in [2.24, 2.45) is 5.73 Å². The van der Waals surface area contributed by atoms with Crippen LogP contribution in [0.1, 0.15) is 12.8 Å². The average Bonchev–Trinajstić information content (AvgIpc) is 2.26.